The van der Waals surface area contributed by atoms with E-state index in [1.54, 1.807) is 25.1 Å². The summed E-state index contributed by atoms with van der Waals surface area (Å²) in [5.41, 5.74) is 0.394. The second-order valence-electron chi connectivity index (χ2n) is 4.56. The summed E-state index contributed by atoms with van der Waals surface area (Å²) < 4.78 is 0. The molecule has 0 heterocycles. The van der Waals surface area contributed by atoms with Crippen LogP contribution in [0.2, 0.25) is 5.02 Å². The molecule has 0 saturated carbocycles. The van der Waals surface area contributed by atoms with Crippen molar-refractivity contribution in [3.63, 3.8) is 0 Å². The van der Waals surface area contributed by atoms with E-state index < -0.39 is 18.5 Å². The lowest BCUT2D eigenvalue weighted by molar-refractivity contribution is -0.135. The third kappa shape index (κ3) is 4.65. The highest BCUT2D eigenvalue weighted by molar-refractivity contribution is 6.30. The van der Waals surface area contributed by atoms with Gasteiger partial charge < -0.3 is 10.0 Å². The maximum atomic E-state index is 12.4. The number of anilines is 1. The first-order chi connectivity index (χ1) is 9.86. The van der Waals surface area contributed by atoms with Crippen LogP contribution in [0.3, 0.4) is 0 Å². The molecule has 1 N–H and O–H groups in total. The van der Waals surface area contributed by atoms with Crippen molar-refractivity contribution in [2.24, 2.45) is 0 Å². The summed E-state index contributed by atoms with van der Waals surface area (Å²) in [7, 11) is 1.53. The number of amides is 2. The molecule has 0 aromatic heterocycles. The fraction of sp³-hybridized carbons (Fsp3) is 0.357. The smallest absolute Gasteiger partial charge is 0.325 e. The Morgan fingerprint density at radius 2 is 2.14 bits per heavy atom. The molecule has 0 spiro atoms. The molecule has 1 aromatic rings. The Labute approximate surface area is 128 Å². The Kier molecular flexibility index (Phi) is 6.00. The van der Waals surface area contributed by atoms with Gasteiger partial charge in [-0.15, -0.1) is 0 Å². The number of carboxylic acids is 1. The van der Waals surface area contributed by atoms with Crippen LogP contribution in [-0.2, 0) is 4.79 Å². The number of urea groups is 1. The number of nitriles is 1. The SMILES string of the molecule is CC(CC#N)N(C)C(=O)N(CC(=O)O)c1cccc(Cl)c1. The first-order valence-electron chi connectivity index (χ1n) is 6.25. The highest BCUT2D eigenvalue weighted by Crippen LogP contribution is 2.21. The van der Waals surface area contributed by atoms with Gasteiger partial charge in [-0.25, -0.2) is 4.79 Å². The van der Waals surface area contributed by atoms with E-state index in [2.05, 4.69) is 0 Å². The van der Waals surface area contributed by atoms with Gasteiger partial charge in [-0.1, -0.05) is 17.7 Å². The molecule has 112 valence electrons. The van der Waals surface area contributed by atoms with E-state index in [1.807, 2.05) is 6.07 Å². The number of hydrogen-bond acceptors (Lipinski definition) is 3. The van der Waals surface area contributed by atoms with Crippen LogP contribution in [0.25, 0.3) is 0 Å². The summed E-state index contributed by atoms with van der Waals surface area (Å²) in [6.45, 7) is 1.24. The van der Waals surface area contributed by atoms with Crippen molar-refractivity contribution in [3.8, 4) is 6.07 Å². The first-order valence-corrected chi connectivity index (χ1v) is 6.63. The molecule has 1 atom stereocenters. The van der Waals surface area contributed by atoms with E-state index in [4.69, 9.17) is 22.0 Å². The van der Waals surface area contributed by atoms with Crippen LogP contribution in [-0.4, -0.2) is 41.6 Å². The molecule has 0 aliphatic heterocycles. The summed E-state index contributed by atoms with van der Waals surface area (Å²) in [6.07, 6.45) is 0.165. The van der Waals surface area contributed by atoms with Crippen molar-refractivity contribution in [2.75, 3.05) is 18.5 Å². The number of carbonyl (C=O) groups is 2. The zero-order valence-electron chi connectivity index (χ0n) is 11.8. The van der Waals surface area contributed by atoms with Gasteiger partial charge in [-0.3, -0.25) is 9.69 Å². The predicted molar refractivity (Wildman–Crippen MR) is 79.3 cm³/mol. The normalized spacial score (nSPS) is 11.3. The van der Waals surface area contributed by atoms with Crippen molar-refractivity contribution in [1.82, 2.24) is 4.90 Å². The van der Waals surface area contributed by atoms with Crippen LogP contribution in [0.1, 0.15) is 13.3 Å². The molecule has 0 fully saturated rings. The molecule has 0 saturated heterocycles. The van der Waals surface area contributed by atoms with Gasteiger partial charge in [0, 0.05) is 23.8 Å². The number of hydrogen-bond donors (Lipinski definition) is 1. The van der Waals surface area contributed by atoms with Crippen LogP contribution in [0, 0.1) is 11.3 Å². The first kappa shape index (κ1) is 16.8. The predicted octanol–water partition coefficient (Wildman–Crippen LogP) is 2.58. The fourth-order valence-electron chi connectivity index (χ4n) is 1.70. The molecule has 21 heavy (non-hydrogen) atoms. The number of aliphatic carboxylic acids is 1. The molecule has 6 nitrogen and oxygen atoms in total. The zero-order chi connectivity index (χ0) is 16.0. The largest absolute Gasteiger partial charge is 0.480 e. The van der Waals surface area contributed by atoms with E-state index in [0.717, 1.165) is 4.90 Å². The third-order valence-electron chi connectivity index (χ3n) is 2.99. The lowest BCUT2D eigenvalue weighted by Gasteiger charge is -2.30. The Hall–Kier alpha value is -2.26. The van der Waals surface area contributed by atoms with Gasteiger partial charge in [0.15, 0.2) is 0 Å². The average Bonchev–Trinajstić information content (AvgIpc) is 2.43. The van der Waals surface area contributed by atoms with E-state index in [-0.39, 0.29) is 12.5 Å². The Bertz CT molecular complexity index is 571. The maximum Gasteiger partial charge on any atom is 0.325 e. The molecule has 0 aliphatic rings. The van der Waals surface area contributed by atoms with Gasteiger partial charge in [0.1, 0.15) is 6.54 Å². The molecular formula is C14H16ClN3O3. The van der Waals surface area contributed by atoms with Gasteiger partial charge in [0.2, 0.25) is 0 Å². The number of nitrogens with zero attached hydrogens (tertiary/aromatic N) is 3. The average molecular weight is 310 g/mol. The number of carbonyl (C=O) groups excluding carboxylic acids is 1. The molecule has 2 amide bonds. The van der Waals surface area contributed by atoms with Crippen LogP contribution in [0.15, 0.2) is 24.3 Å². The molecule has 0 bridgehead atoms. The Balaban J connectivity index is 3.05. The van der Waals surface area contributed by atoms with Crippen LogP contribution in [0.5, 0.6) is 0 Å². The van der Waals surface area contributed by atoms with E-state index in [9.17, 15) is 9.59 Å². The summed E-state index contributed by atoms with van der Waals surface area (Å²) in [6, 6.07) is 7.56. The summed E-state index contributed by atoms with van der Waals surface area (Å²) in [5, 5.41) is 18.1. The molecular weight excluding hydrogens is 294 g/mol. The van der Waals surface area contributed by atoms with Crippen molar-refractivity contribution in [2.45, 2.75) is 19.4 Å². The highest BCUT2D eigenvalue weighted by atomic mass is 35.5. The van der Waals surface area contributed by atoms with E-state index in [0.29, 0.717) is 10.7 Å². The van der Waals surface area contributed by atoms with Gasteiger partial charge in [-0.2, -0.15) is 5.26 Å². The third-order valence-corrected chi connectivity index (χ3v) is 3.23. The minimum atomic E-state index is -1.13. The van der Waals surface area contributed by atoms with Crippen LogP contribution >= 0.6 is 11.6 Å². The van der Waals surface area contributed by atoms with Crippen LogP contribution < -0.4 is 4.90 Å². The highest BCUT2D eigenvalue weighted by Gasteiger charge is 2.25. The van der Waals surface area contributed by atoms with Crippen LogP contribution in [0.4, 0.5) is 10.5 Å². The number of halogens is 1. The summed E-state index contributed by atoms with van der Waals surface area (Å²) >= 11 is 5.88. The summed E-state index contributed by atoms with van der Waals surface area (Å²) in [4.78, 5) is 25.9. The zero-order valence-corrected chi connectivity index (χ0v) is 12.5. The quantitative estimate of drug-likeness (QED) is 0.906. The standard InChI is InChI=1S/C14H16ClN3O3/c1-10(6-7-16)17(2)14(21)18(9-13(19)20)12-5-3-4-11(15)8-12/h3-5,8,10H,6,9H2,1-2H3,(H,19,20). The number of carboxylic acid groups (broad SMARTS) is 1. The molecule has 0 aliphatic carbocycles. The minimum Gasteiger partial charge on any atom is -0.480 e. The fourth-order valence-corrected chi connectivity index (χ4v) is 1.88. The molecule has 0 radical (unpaired) electrons. The van der Waals surface area contributed by atoms with Gasteiger partial charge in [0.05, 0.1) is 12.5 Å². The lowest BCUT2D eigenvalue weighted by atomic mass is 10.2. The monoisotopic (exact) mass is 309 g/mol. The molecule has 1 rings (SSSR count). The van der Waals surface area contributed by atoms with Gasteiger partial charge >= 0.3 is 12.0 Å². The topological polar surface area (TPSA) is 84.6 Å². The van der Waals surface area contributed by atoms with Crippen molar-refractivity contribution >= 4 is 29.3 Å². The maximum absolute atomic E-state index is 12.4. The number of benzene rings is 1. The molecule has 1 aromatic carbocycles. The Morgan fingerprint density at radius 3 is 2.67 bits per heavy atom. The Morgan fingerprint density at radius 1 is 1.48 bits per heavy atom. The van der Waals surface area contributed by atoms with E-state index in [1.165, 1.54) is 18.0 Å². The number of rotatable bonds is 5. The molecule has 1 unspecified atom stereocenters. The van der Waals surface area contributed by atoms with Gasteiger partial charge in [-0.05, 0) is 25.1 Å². The minimum absolute atomic E-state index is 0.165. The van der Waals surface area contributed by atoms with E-state index >= 15 is 0 Å². The second-order valence-corrected chi connectivity index (χ2v) is 5.00. The van der Waals surface area contributed by atoms with Crippen molar-refractivity contribution in [3.05, 3.63) is 29.3 Å². The second kappa shape index (κ2) is 7.50. The summed E-state index contributed by atoms with van der Waals surface area (Å²) in [5.74, 6) is -1.13. The van der Waals surface area contributed by atoms with Crippen molar-refractivity contribution in [1.29, 1.82) is 5.26 Å². The van der Waals surface area contributed by atoms with Crippen molar-refractivity contribution < 1.29 is 14.7 Å². The lowest BCUT2D eigenvalue weighted by Crippen LogP contribution is -2.47. The van der Waals surface area contributed by atoms with Gasteiger partial charge in [0.25, 0.3) is 0 Å². The molecule has 7 heteroatoms.